The molecule has 4 rings (SSSR count). The van der Waals surface area contributed by atoms with Crippen molar-refractivity contribution in [1.29, 1.82) is 0 Å². The number of rotatable bonds is 3. The van der Waals surface area contributed by atoms with Gasteiger partial charge in [-0.3, -0.25) is 14.3 Å². The average Bonchev–Trinajstić information content (AvgIpc) is 3.01. The van der Waals surface area contributed by atoms with E-state index in [1.807, 2.05) is 50.1 Å². The molecule has 1 aromatic carbocycles. The van der Waals surface area contributed by atoms with E-state index in [1.54, 1.807) is 16.8 Å². The lowest BCUT2D eigenvalue weighted by atomic mass is 10.0. The van der Waals surface area contributed by atoms with Crippen molar-refractivity contribution < 1.29 is 9.59 Å². The lowest BCUT2D eigenvalue weighted by molar-refractivity contribution is 0.0699. The van der Waals surface area contributed by atoms with E-state index in [0.717, 1.165) is 35.3 Å². The second kappa shape index (κ2) is 7.66. The summed E-state index contributed by atoms with van der Waals surface area (Å²) in [6.07, 6.45) is 1.48. The van der Waals surface area contributed by atoms with Crippen molar-refractivity contribution >= 4 is 22.8 Å². The normalized spacial score (nSPS) is 14.9. The molecule has 3 aromatic rings. The number of carbonyl (C=O) groups excluding carboxylic acids is 2. The zero-order chi connectivity index (χ0) is 20.5. The van der Waals surface area contributed by atoms with Crippen LogP contribution in [0, 0.1) is 13.8 Å². The topological polar surface area (TPSA) is 80.1 Å². The van der Waals surface area contributed by atoms with Gasteiger partial charge in [0.05, 0.1) is 16.6 Å². The molecule has 1 aliphatic rings. The maximum atomic E-state index is 13.3. The van der Waals surface area contributed by atoms with Crippen LogP contribution in [-0.2, 0) is 7.05 Å². The number of hydrogen-bond donors (Lipinski definition) is 1. The predicted octanol–water partition coefficient (Wildman–Crippen LogP) is 2.62. The molecule has 7 heteroatoms. The van der Waals surface area contributed by atoms with Crippen LogP contribution in [0.1, 0.15) is 44.9 Å². The summed E-state index contributed by atoms with van der Waals surface area (Å²) in [4.78, 5) is 32.0. The zero-order valence-corrected chi connectivity index (χ0v) is 17.0. The van der Waals surface area contributed by atoms with Crippen molar-refractivity contribution in [3.8, 4) is 0 Å². The maximum absolute atomic E-state index is 13.3. The third-order valence-electron chi connectivity index (χ3n) is 5.48. The molecule has 1 aliphatic heterocycles. The second-order valence-corrected chi connectivity index (χ2v) is 7.62. The Morgan fingerprint density at radius 3 is 2.48 bits per heavy atom. The molecule has 0 saturated carbocycles. The molecular weight excluding hydrogens is 366 g/mol. The van der Waals surface area contributed by atoms with Gasteiger partial charge in [0.15, 0.2) is 5.65 Å². The van der Waals surface area contributed by atoms with Crippen LogP contribution in [0.25, 0.3) is 11.0 Å². The summed E-state index contributed by atoms with van der Waals surface area (Å²) in [7, 11) is 1.84. The fourth-order valence-corrected chi connectivity index (χ4v) is 3.99. The number of fused-ring (bicyclic) bond motifs is 1. The van der Waals surface area contributed by atoms with Gasteiger partial charge in [-0.1, -0.05) is 18.2 Å². The molecule has 3 heterocycles. The van der Waals surface area contributed by atoms with Gasteiger partial charge >= 0.3 is 0 Å². The van der Waals surface area contributed by atoms with E-state index in [-0.39, 0.29) is 17.9 Å². The molecule has 0 atom stereocenters. The molecule has 1 fully saturated rings. The highest BCUT2D eigenvalue weighted by Gasteiger charge is 2.27. The lowest BCUT2D eigenvalue weighted by Crippen LogP contribution is -2.46. The molecule has 7 nitrogen and oxygen atoms in total. The van der Waals surface area contributed by atoms with Crippen LogP contribution >= 0.6 is 0 Å². The van der Waals surface area contributed by atoms with Crippen LogP contribution in [0.15, 0.2) is 36.4 Å². The fraction of sp³-hybridized carbons (Fsp3) is 0.364. The van der Waals surface area contributed by atoms with E-state index in [2.05, 4.69) is 15.4 Å². The SMILES string of the molecule is Cc1cc(C(=O)N2CCC(NC(=O)c3ccccc3)CC2)c2c(C)nn(C)c2n1. The number of carbonyl (C=O) groups is 2. The first-order valence-electron chi connectivity index (χ1n) is 9.90. The van der Waals surface area contributed by atoms with Crippen LogP contribution in [-0.4, -0.2) is 50.6 Å². The summed E-state index contributed by atoms with van der Waals surface area (Å²) < 4.78 is 1.72. The first-order chi connectivity index (χ1) is 13.9. The van der Waals surface area contributed by atoms with Gasteiger partial charge in [0.2, 0.25) is 0 Å². The Kier molecular flexibility index (Phi) is 5.05. The van der Waals surface area contributed by atoms with Gasteiger partial charge in [-0.05, 0) is 44.9 Å². The Labute approximate surface area is 169 Å². The standard InChI is InChI=1S/C22H25N5O2/c1-14-13-18(19-15(2)25-26(3)20(19)23-14)22(29)27-11-9-17(10-12-27)24-21(28)16-7-5-4-6-8-16/h4-8,13,17H,9-12H2,1-3H3,(H,24,28). The molecule has 0 spiro atoms. The van der Waals surface area contributed by atoms with Crippen LogP contribution in [0.5, 0.6) is 0 Å². The Hall–Kier alpha value is -3.22. The Morgan fingerprint density at radius 2 is 1.79 bits per heavy atom. The van der Waals surface area contributed by atoms with Crippen LogP contribution < -0.4 is 5.32 Å². The summed E-state index contributed by atoms with van der Waals surface area (Å²) in [6, 6.07) is 11.1. The fourth-order valence-electron chi connectivity index (χ4n) is 3.99. The number of amides is 2. The molecule has 1 N–H and O–H groups in total. The summed E-state index contributed by atoms with van der Waals surface area (Å²) in [5.74, 6) is -0.0581. The summed E-state index contributed by atoms with van der Waals surface area (Å²) >= 11 is 0. The number of pyridine rings is 1. The van der Waals surface area contributed by atoms with Gasteiger partial charge in [-0.25, -0.2) is 4.98 Å². The first-order valence-corrected chi connectivity index (χ1v) is 9.90. The van der Waals surface area contributed by atoms with Gasteiger partial charge in [-0.2, -0.15) is 5.10 Å². The summed E-state index contributed by atoms with van der Waals surface area (Å²) in [5.41, 5.74) is 3.66. The third kappa shape index (κ3) is 3.72. The number of piperidine rings is 1. The summed E-state index contributed by atoms with van der Waals surface area (Å²) in [5, 5.41) is 8.34. The number of nitrogens with one attached hydrogen (secondary N) is 1. The Morgan fingerprint density at radius 1 is 1.10 bits per heavy atom. The van der Waals surface area contributed by atoms with Crippen molar-refractivity contribution in [3.63, 3.8) is 0 Å². The van der Waals surface area contributed by atoms with E-state index in [0.29, 0.717) is 24.2 Å². The second-order valence-electron chi connectivity index (χ2n) is 7.62. The smallest absolute Gasteiger partial charge is 0.254 e. The molecule has 29 heavy (non-hydrogen) atoms. The third-order valence-corrected chi connectivity index (χ3v) is 5.48. The summed E-state index contributed by atoms with van der Waals surface area (Å²) in [6.45, 7) is 5.02. The number of aryl methyl sites for hydroxylation is 3. The van der Waals surface area contributed by atoms with E-state index in [1.165, 1.54) is 0 Å². The van der Waals surface area contributed by atoms with Crippen molar-refractivity contribution in [2.24, 2.45) is 7.05 Å². The maximum Gasteiger partial charge on any atom is 0.254 e. The number of nitrogens with zero attached hydrogens (tertiary/aromatic N) is 4. The number of aromatic nitrogens is 3. The zero-order valence-electron chi connectivity index (χ0n) is 17.0. The van der Waals surface area contributed by atoms with Crippen molar-refractivity contribution in [2.75, 3.05) is 13.1 Å². The van der Waals surface area contributed by atoms with Gasteiger partial charge in [0.25, 0.3) is 11.8 Å². The minimum absolute atomic E-state index is 0.00411. The molecule has 0 bridgehead atoms. The quantitative estimate of drug-likeness (QED) is 0.744. The molecule has 0 unspecified atom stereocenters. The largest absolute Gasteiger partial charge is 0.349 e. The molecule has 0 aliphatic carbocycles. The van der Waals surface area contributed by atoms with Gasteiger partial charge in [-0.15, -0.1) is 0 Å². The highest BCUT2D eigenvalue weighted by molar-refractivity contribution is 6.06. The number of hydrogen-bond acceptors (Lipinski definition) is 4. The molecule has 2 aromatic heterocycles. The molecule has 1 saturated heterocycles. The van der Waals surface area contributed by atoms with Crippen molar-refractivity contribution in [2.45, 2.75) is 32.7 Å². The molecule has 2 amide bonds. The monoisotopic (exact) mass is 391 g/mol. The lowest BCUT2D eigenvalue weighted by Gasteiger charge is -2.32. The van der Waals surface area contributed by atoms with E-state index in [9.17, 15) is 9.59 Å². The van der Waals surface area contributed by atoms with E-state index in [4.69, 9.17) is 0 Å². The van der Waals surface area contributed by atoms with Gasteiger partial charge in [0, 0.05) is 37.4 Å². The average molecular weight is 391 g/mol. The van der Waals surface area contributed by atoms with Gasteiger partial charge in [0.1, 0.15) is 0 Å². The van der Waals surface area contributed by atoms with E-state index >= 15 is 0 Å². The molecule has 0 radical (unpaired) electrons. The van der Waals surface area contributed by atoms with E-state index < -0.39 is 0 Å². The Balaban J connectivity index is 1.46. The molecular formula is C22H25N5O2. The minimum atomic E-state index is -0.0622. The Bertz CT molecular complexity index is 1070. The number of benzene rings is 1. The van der Waals surface area contributed by atoms with Crippen LogP contribution in [0.2, 0.25) is 0 Å². The molecule has 150 valence electrons. The van der Waals surface area contributed by atoms with Crippen molar-refractivity contribution in [3.05, 3.63) is 58.9 Å². The van der Waals surface area contributed by atoms with Gasteiger partial charge < -0.3 is 10.2 Å². The predicted molar refractivity (Wildman–Crippen MR) is 111 cm³/mol. The van der Waals surface area contributed by atoms with Crippen LogP contribution in [0.3, 0.4) is 0 Å². The highest BCUT2D eigenvalue weighted by atomic mass is 16.2. The minimum Gasteiger partial charge on any atom is -0.349 e. The highest BCUT2D eigenvalue weighted by Crippen LogP contribution is 2.24. The van der Waals surface area contributed by atoms with Crippen molar-refractivity contribution in [1.82, 2.24) is 25.0 Å². The van der Waals surface area contributed by atoms with Crippen LogP contribution in [0.4, 0.5) is 0 Å². The number of likely N-dealkylation sites (tertiary alicyclic amines) is 1. The first kappa shape index (κ1) is 19.1.